The highest BCUT2D eigenvalue weighted by Crippen LogP contribution is 2.30. The van der Waals surface area contributed by atoms with Crippen molar-refractivity contribution in [3.8, 4) is 22.8 Å². The lowest BCUT2D eigenvalue weighted by Gasteiger charge is -2.21. The van der Waals surface area contributed by atoms with Crippen LogP contribution in [0.4, 0.5) is 0 Å². The highest BCUT2D eigenvalue weighted by Gasteiger charge is 2.23. The van der Waals surface area contributed by atoms with E-state index < -0.39 is 6.04 Å². The molecule has 9 heteroatoms. The summed E-state index contributed by atoms with van der Waals surface area (Å²) in [4.78, 5) is 17.8. The van der Waals surface area contributed by atoms with E-state index in [-0.39, 0.29) is 12.5 Å². The molecular formula is C25H26N4O3S2. The van der Waals surface area contributed by atoms with Gasteiger partial charge in [0.15, 0.2) is 3.95 Å². The van der Waals surface area contributed by atoms with Crippen LogP contribution in [0.15, 0.2) is 60.2 Å². The first kappa shape index (κ1) is 23.7. The van der Waals surface area contributed by atoms with E-state index in [9.17, 15) is 4.79 Å². The number of methoxy groups -OCH3 is 2. The molecule has 176 valence electrons. The molecule has 0 fully saturated rings. The zero-order valence-corrected chi connectivity index (χ0v) is 21.1. The van der Waals surface area contributed by atoms with Crippen LogP contribution >= 0.6 is 23.6 Å². The number of hydrogen-bond donors (Lipinski definition) is 1. The molecule has 1 amide bonds. The van der Waals surface area contributed by atoms with Crippen molar-refractivity contribution in [1.29, 1.82) is 0 Å². The van der Waals surface area contributed by atoms with Gasteiger partial charge in [-0.1, -0.05) is 29.8 Å². The summed E-state index contributed by atoms with van der Waals surface area (Å²) in [7, 11) is 5.08. The van der Waals surface area contributed by atoms with Crippen molar-refractivity contribution < 1.29 is 14.3 Å². The Morgan fingerprint density at radius 2 is 1.82 bits per heavy atom. The van der Waals surface area contributed by atoms with Crippen molar-refractivity contribution in [1.82, 2.24) is 19.4 Å². The lowest BCUT2D eigenvalue weighted by atomic mass is 10.0. The average molecular weight is 495 g/mol. The van der Waals surface area contributed by atoms with E-state index in [0.717, 1.165) is 16.8 Å². The number of carbonyl (C=O) groups excluding carboxylic acids is 1. The third-order valence-electron chi connectivity index (χ3n) is 5.56. The predicted octanol–water partition coefficient (Wildman–Crippen LogP) is 4.91. The van der Waals surface area contributed by atoms with Gasteiger partial charge in [-0.25, -0.2) is 4.98 Å². The first-order valence-corrected chi connectivity index (χ1v) is 11.9. The van der Waals surface area contributed by atoms with Crippen molar-refractivity contribution in [2.24, 2.45) is 7.05 Å². The molecular weight excluding hydrogens is 468 g/mol. The summed E-state index contributed by atoms with van der Waals surface area (Å²) in [6, 6.07) is 13.2. The molecule has 4 rings (SSSR count). The molecule has 34 heavy (non-hydrogen) atoms. The highest BCUT2D eigenvalue weighted by molar-refractivity contribution is 7.73. The molecule has 1 atom stereocenters. The van der Waals surface area contributed by atoms with Crippen molar-refractivity contribution in [3.63, 3.8) is 0 Å². The van der Waals surface area contributed by atoms with Crippen LogP contribution in [0.3, 0.4) is 0 Å². The number of thiazole rings is 1. The zero-order chi connectivity index (χ0) is 24.2. The first-order valence-electron chi connectivity index (χ1n) is 10.6. The molecule has 0 saturated carbocycles. The van der Waals surface area contributed by atoms with Crippen LogP contribution < -0.4 is 14.8 Å². The van der Waals surface area contributed by atoms with E-state index in [0.29, 0.717) is 21.3 Å². The molecule has 0 radical (unpaired) electrons. The van der Waals surface area contributed by atoms with Gasteiger partial charge >= 0.3 is 0 Å². The fraction of sp³-hybridized carbons (Fsp3) is 0.240. The molecule has 2 heterocycles. The van der Waals surface area contributed by atoms with Gasteiger partial charge in [-0.3, -0.25) is 4.79 Å². The second-order valence-electron chi connectivity index (χ2n) is 7.88. The van der Waals surface area contributed by atoms with E-state index >= 15 is 0 Å². The van der Waals surface area contributed by atoms with Crippen LogP contribution in [0, 0.1) is 10.9 Å². The molecule has 0 aliphatic rings. The molecule has 2 aromatic heterocycles. The number of imidazole rings is 1. The Hall–Kier alpha value is -3.43. The number of aromatic nitrogens is 3. The van der Waals surface area contributed by atoms with E-state index in [1.54, 1.807) is 26.5 Å². The Kier molecular flexibility index (Phi) is 7.14. The van der Waals surface area contributed by atoms with Gasteiger partial charge in [0.05, 0.1) is 19.9 Å². The Morgan fingerprint density at radius 1 is 1.15 bits per heavy atom. The Morgan fingerprint density at radius 3 is 2.41 bits per heavy atom. The van der Waals surface area contributed by atoms with Crippen LogP contribution in [0.1, 0.15) is 23.0 Å². The Bertz CT molecular complexity index is 1330. The smallest absolute Gasteiger partial charge is 0.240 e. The van der Waals surface area contributed by atoms with E-state index in [1.165, 1.54) is 16.9 Å². The SMILES string of the molecule is COc1cc(OC)cc(C(NC(=O)Cn2c(-c3ccc(C)cc3)csc2=S)c2nccn2C)c1. The van der Waals surface area contributed by atoms with E-state index in [2.05, 4.69) is 10.3 Å². The third kappa shape index (κ3) is 5.05. The number of benzene rings is 2. The van der Waals surface area contributed by atoms with Crippen LogP contribution in [-0.4, -0.2) is 34.2 Å². The minimum Gasteiger partial charge on any atom is -0.497 e. The van der Waals surface area contributed by atoms with Gasteiger partial charge < -0.3 is 23.9 Å². The van der Waals surface area contributed by atoms with E-state index in [4.69, 9.17) is 21.7 Å². The normalized spacial score (nSPS) is 11.8. The van der Waals surface area contributed by atoms with Gasteiger partial charge in [-0.15, -0.1) is 11.3 Å². The monoisotopic (exact) mass is 494 g/mol. The number of nitrogens with one attached hydrogen (secondary N) is 1. The summed E-state index contributed by atoms with van der Waals surface area (Å²) >= 11 is 6.99. The van der Waals surface area contributed by atoms with Crippen molar-refractivity contribution in [3.05, 3.63) is 81.1 Å². The van der Waals surface area contributed by atoms with Crippen LogP contribution in [0.5, 0.6) is 11.5 Å². The quantitative estimate of drug-likeness (QED) is 0.353. The van der Waals surface area contributed by atoms with Crippen LogP contribution in [-0.2, 0) is 18.4 Å². The maximum Gasteiger partial charge on any atom is 0.240 e. The second-order valence-corrected chi connectivity index (χ2v) is 9.39. The fourth-order valence-corrected chi connectivity index (χ4v) is 4.80. The summed E-state index contributed by atoms with van der Waals surface area (Å²) in [5.74, 6) is 1.77. The van der Waals surface area contributed by atoms with Crippen molar-refractivity contribution >= 4 is 29.5 Å². The highest BCUT2D eigenvalue weighted by atomic mass is 32.1. The van der Waals surface area contributed by atoms with E-state index in [1.807, 2.05) is 71.1 Å². The molecule has 0 bridgehead atoms. The average Bonchev–Trinajstić information content (AvgIpc) is 3.43. The van der Waals surface area contributed by atoms with Crippen molar-refractivity contribution in [2.75, 3.05) is 14.2 Å². The molecule has 1 unspecified atom stereocenters. The largest absolute Gasteiger partial charge is 0.497 e. The predicted molar refractivity (Wildman–Crippen MR) is 136 cm³/mol. The van der Waals surface area contributed by atoms with Gasteiger partial charge in [-0.2, -0.15) is 0 Å². The summed E-state index contributed by atoms with van der Waals surface area (Å²) in [6.45, 7) is 2.14. The molecule has 0 aliphatic heterocycles. The second kappa shape index (κ2) is 10.2. The minimum absolute atomic E-state index is 0.0908. The lowest BCUT2D eigenvalue weighted by molar-refractivity contribution is -0.122. The topological polar surface area (TPSA) is 70.3 Å². The molecule has 0 aliphatic carbocycles. The van der Waals surface area contributed by atoms with Gasteiger partial charge in [-0.05, 0) is 42.4 Å². The summed E-state index contributed by atoms with van der Waals surface area (Å²) in [5.41, 5.74) is 3.91. The molecule has 2 aromatic carbocycles. The molecule has 0 spiro atoms. The number of hydrogen-bond acceptors (Lipinski definition) is 6. The maximum absolute atomic E-state index is 13.3. The first-order chi connectivity index (χ1) is 16.4. The minimum atomic E-state index is -0.507. The van der Waals surface area contributed by atoms with Crippen LogP contribution in [0.25, 0.3) is 11.3 Å². The summed E-state index contributed by atoms with van der Waals surface area (Å²) in [5, 5.41) is 5.13. The molecule has 1 N–H and O–H groups in total. The van der Waals surface area contributed by atoms with Crippen LogP contribution in [0.2, 0.25) is 0 Å². The molecule has 7 nitrogen and oxygen atoms in total. The number of amides is 1. The number of aryl methyl sites for hydroxylation is 2. The zero-order valence-electron chi connectivity index (χ0n) is 19.4. The van der Waals surface area contributed by atoms with Gasteiger partial charge in [0.1, 0.15) is 29.9 Å². The molecule has 4 aromatic rings. The fourth-order valence-electron chi connectivity index (χ4n) is 3.73. The number of ether oxygens (including phenoxy) is 2. The lowest BCUT2D eigenvalue weighted by Crippen LogP contribution is -2.33. The summed E-state index contributed by atoms with van der Waals surface area (Å²) in [6.07, 6.45) is 3.55. The van der Waals surface area contributed by atoms with Crippen molar-refractivity contribution in [2.45, 2.75) is 19.5 Å². The molecule has 0 saturated heterocycles. The van der Waals surface area contributed by atoms with Gasteiger partial charge in [0.25, 0.3) is 0 Å². The third-order valence-corrected chi connectivity index (χ3v) is 6.83. The standard InChI is InChI=1S/C25H26N4O3S2/c1-16-5-7-17(8-6-16)21-15-34-25(33)29(21)14-22(30)27-23(24-26-9-10-28(24)2)18-11-19(31-3)13-20(12-18)32-4/h5-13,15,23H,14H2,1-4H3,(H,27,30). The van der Waals surface area contributed by atoms with Gasteiger partial charge in [0.2, 0.25) is 5.91 Å². The maximum atomic E-state index is 13.3. The number of carbonyl (C=O) groups is 1. The Labute approximate surface area is 207 Å². The number of rotatable bonds is 8. The number of nitrogens with zero attached hydrogens (tertiary/aromatic N) is 3. The van der Waals surface area contributed by atoms with Gasteiger partial charge in [0, 0.05) is 30.9 Å². The Balaban J connectivity index is 1.66. The summed E-state index contributed by atoms with van der Waals surface area (Å²) < 4.78 is 15.3.